The van der Waals surface area contributed by atoms with Crippen LogP contribution < -0.4 is 17.0 Å². The van der Waals surface area contributed by atoms with Gasteiger partial charge in [-0.1, -0.05) is 13.8 Å². The Morgan fingerprint density at radius 3 is 2.60 bits per heavy atom. The average molecular weight is 209 g/mol. The molecule has 2 rings (SSSR count). The van der Waals surface area contributed by atoms with Crippen LogP contribution in [-0.2, 0) is 7.05 Å². The highest BCUT2D eigenvalue weighted by atomic mass is 16.1. The van der Waals surface area contributed by atoms with Crippen LogP contribution in [0.1, 0.15) is 13.8 Å². The molecule has 0 saturated carbocycles. The monoisotopic (exact) mass is 209 g/mol. The minimum atomic E-state index is -0.305. The fraction of sp³-hybridized carbons (Fsp3) is 0.333. The Morgan fingerprint density at radius 1 is 1.40 bits per heavy atom. The first-order chi connectivity index (χ1) is 7.09. The molecule has 0 aliphatic rings. The Kier molecular flexibility index (Phi) is 2.99. The Morgan fingerprint density at radius 2 is 2.00 bits per heavy atom. The molecule has 0 aliphatic carbocycles. The molecule has 2 aromatic heterocycles. The summed E-state index contributed by atoms with van der Waals surface area (Å²) >= 11 is 0. The summed E-state index contributed by atoms with van der Waals surface area (Å²) < 4.78 is 1.66. The maximum atomic E-state index is 11.4. The van der Waals surface area contributed by atoms with Crippen LogP contribution >= 0.6 is 0 Å². The topological polar surface area (TPSA) is 103 Å². The van der Waals surface area contributed by atoms with Gasteiger partial charge in [-0.05, 0) is 0 Å². The van der Waals surface area contributed by atoms with Gasteiger partial charge in [-0.25, -0.2) is 0 Å². The van der Waals surface area contributed by atoms with Gasteiger partial charge in [-0.15, -0.1) is 0 Å². The molecule has 0 atom stereocenters. The second-order valence-electron chi connectivity index (χ2n) is 2.85. The summed E-state index contributed by atoms with van der Waals surface area (Å²) in [6.07, 6.45) is 1.63. The molecule has 15 heavy (non-hydrogen) atoms. The fourth-order valence-electron chi connectivity index (χ4n) is 1.33. The molecule has 5 N–H and O–H groups in total. The van der Waals surface area contributed by atoms with Gasteiger partial charge in [0, 0.05) is 13.2 Å². The van der Waals surface area contributed by atoms with E-state index in [0.29, 0.717) is 16.7 Å². The molecule has 82 valence electrons. The van der Waals surface area contributed by atoms with Crippen molar-refractivity contribution in [1.82, 2.24) is 14.5 Å². The number of nitrogens with one attached hydrogen (secondary N) is 1. The van der Waals surface area contributed by atoms with Gasteiger partial charge in [0.1, 0.15) is 5.39 Å². The molecule has 0 bridgehead atoms. The van der Waals surface area contributed by atoms with Gasteiger partial charge in [-0.3, -0.25) is 9.78 Å². The number of nitrogen functional groups attached to an aromatic ring is 2. The van der Waals surface area contributed by atoms with Crippen molar-refractivity contribution in [3.8, 4) is 0 Å². The smallest absolute Gasteiger partial charge is 0.263 e. The van der Waals surface area contributed by atoms with E-state index in [1.54, 1.807) is 17.8 Å². The van der Waals surface area contributed by atoms with Crippen LogP contribution in [0, 0.1) is 0 Å². The molecule has 0 aliphatic heterocycles. The quantitative estimate of drug-likeness (QED) is 0.586. The molecule has 6 heteroatoms. The van der Waals surface area contributed by atoms with E-state index in [1.807, 2.05) is 13.8 Å². The number of aryl methyl sites for hydroxylation is 1. The zero-order chi connectivity index (χ0) is 11.6. The molecular weight excluding hydrogens is 194 g/mol. The van der Waals surface area contributed by atoms with E-state index in [0.717, 1.165) is 0 Å². The van der Waals surface area contributed by atoms with E-state index in [1.165, 1.54) is 0 Å². The van der Waals surface area contributed by atoms with Gasteiger partial charge in [-0.2, -0.15) is 4.98 Å². The highest BCUT2D eigenvalue weighted by Gasteiger charge is 2.09. The summed E-state index contributed by atoms with van der Waals surface area (Å²) in [5, 5.41) is 0.386. The van der Waals surface area contributed by atoms with Crippen molar-refractivity contribution < 1.29 is 0 Å². The normalized spacial score (nSPS) is 9.80. The minimum Gasteiger partial charge on any atom is -0.397 e. The average Bonchev–Trinajstić information content (AvgIpc) is 2.45. The summed E-state index contributed by atoms with van der Waals surface area (Å²) in [6.45, 7) is 4.00. The molecule has 0 unspecified atom stereocenters. The van der Waals surface area contributed by atoms with E-state index < -0.39 is 0 Å². The van der Waals surface area contributed by atoms with Crippen LogP contribution in [0.3, 0.4) is 0 Å². The third-order valence-corrected chi connectivity index (χ3v) is 1.87. The second-order valence-corrected chi connectivity index (χ2v) is 2.85. The van der Waals surface area contributed by atoms with Crippen molar-refractivity contribution >= 4 is 22.7 Å². The number of aromatic nitrogens is 3. The number of anilines is 2. The SMILES string of the molecule is CC.Cn1cc(N)c2c(=O)[nH]c(N)nc21. The lowest BCUT2D eigenvalue weighted by atomic mass is 10.4. The van der Waals surface area contributed by atoms with Gasteiger partial charge in [0.05, 0.1) is 5.69 Å². The predicted molar refractivity (Wildman–Crippen MR) is 61.5 cm³/mol. The molecule has 2 aromatic rings. The number of H-pyrrole nitrogens is 1. The number of hydrogen-bond donors (Lipinski definition) is 3. The fourth-order valence-corrected chi connectivity index (χ4v) is 1.33. The molecular formula is C9H15N5O. The molecule has 0 radical (unpaired) electrons. The van der Waals surface area contributed by atoms with E-state index in [4.69, 9.17) is 11.5 Å². The van der Waals surface area contributed by atoms with Crippen molar-refractivity contribution in [2.75, 3.05) is 11.5 Å². The summed E-state index contributed by atoms with van der Waals surface area (Å²) in [5.74, 6) is 0.0960. The Balaban J connectivity index is 0.000000531. The molecule has 0 amide bonds. The van der Waals surface area contributed by atoms with Crippen molar-refractivity contribution in [1.29, 1.82) is 0 Å². The first-order valence-electron chi connectivity index (χ1n) is 4.70. The minimum absolute atomic E-state index is 0.0960. The summed E-state index contributed by atoms with van der Waals surface area (Å²) in [5.41, 5.74) is 11.6. The third-order valence-electron chi connectivity index (χ3n) is 1.87. The van der Waals surface area contributed by atoms with Crippen molar-refractivity contribution in [2.45, 2.75) is 13.8 Å². The van der Waals surface area contributed by atoms with Crippen LogP contribution in [0.2, 0.25) is 0 Å². The van der Waals surface area contributed by atoms with E-state index >= 15 is 0 Å². The van der Waals surface area contributed by atoms with Gasteiger partial charge in [0.25, 0.3) is 5.56 Å². The van der Waals surface area contributed by atoms with Gasteiger partial charge in [0.2, 0.25) is 5.95 Å². The van der Waals surface area contributed by atoms with E-state index in [2.05, 4.69) is 9.97 Å². The van der Waals surface area contributed by atoms with E-state index in [-0.39, 0.29) is 11.5 Å². The molecule has 0 spiro atoms. The zero-order valence-electron chi connectivity index (χ0n) is 9.03. The lowest BCUT2D eigenvalue weighted by Crippen LogP contribution is -2.11. The van der Waals surface area contributed by atoms with Gasteiger partial charge >= 0.3 is 0 Å². The summed E-state index contributed by atoms with van der Waals surface area (Å²) in [7, 11) is 1.75. The first-order valence-corrected chi connectivity index (χ1v) is 4.70. The molecule has 2 heterocycles. The number of fused-ring (bicyclic) bond motifs is 1. The number of hydrogen-bond acceptors (Lipinski definition) is 4. The Labute approximate surface area is 86.9 Å². The van der Waals surface area contributed by atoms with Crippen LogP contribution in [0.4, 0.5) is 11.6 Å². The highest BCUT2D eigenvalue weighted by Crippen LogP contribution is 2.16. The number of nitrogens with zero attached hydrogens (tertiary/aromatic N) is 2. The molecule has 0 aromatic carbocycles. The van der Waals surface area contributed by atoms with Crippen molar-refractivity contribution in [2.24, 2.45) is 7.05 Å². The maximum absolute atomic E-state index is 11.4. The van der Waals surface area contributed by atoms with Crippen LogP contribution in [0.5, 0.6) is 0 Å². The van der Waals surface area contributed by atoms with Crippen LogP contribution in [-0.4, -0.2) is 14.5 Å². The van der Waals surface area contributed by atoms with E-state index in [9.17, 15) is 4.79 Å². The number of nitrogens with two attached hydrogens (primary N) is 2. The van der Waals surface area contributed by atoms with Crippen LogP contribution in [0.15, 0.2) is 11.0 Å². The molecule has 6 nitrogen and oxygen atoms in total. The standard InChI is InChI=1S/C7H9N5O.C2H6/c1-12-2-3(8)4-5(12)10-7(9)11-6(4)13;1-2/h2H,8H2,1H3,(H3,9,10,11,13);1-2H3. The van der Waals surface area contributed by atoms with Crippen molar-refractivity contribution in [3.63, 3.8) is 0 Å². The van der Waals surface area contributed by atoms with Crippen LogP contribution in [0.25, 0.3) is 11.0 Å². The maximum Gasteiger partial charge on any atom is 0.263 e. The third kappa shape index (κ3) is 1.78. The second kappa shape index (κ2) is 4.04. The lowest BCUT2D eigenvalue weighted by Gasteiger charge is -1.95. The van der Waals surface area contributed by atoms with Gasteiger partial charge in [0.15, 0.2) is 5.65 Å². The predicted octanol–water partition coefficient (Wildman–Crippen LogP) is 0.452. The molecule has 0 fully saturated rings. The molecule has 0 saturated heterocycles. The van der Waals surface area contributed by atoms with Gasteiger partial charge < -0.3 is 16.0 Å². The zero-order valence-corrected chi connectivity index (χ0v) is 9.03. The summed E-state index contributed by atoms with van der Waals surface area (Å²) in [4.78, 5) is 17.7. The first kappa shape index (κ1) is 11.1. The summed E-state index contributed by atoms with van der Waals surface area (Å²) in [6, 6.07) is 0. The van der Waals surface area contributed by atoms with Crippen molar-refractivity contribution in [3.05, 3.63) is 16.6 Å². The number of rotatable bonds is 0. The Bertz CT molecular complexity index is 525. The number of aromatic amines is 1. The largest absolute Gasteiger partial charge is 0.397 e. The highest BCUT2D eigenvalue weighted by molar-refractivity contribution is 5.88. The lowest BCUT2D eigenvalue weighted by molar-refractivity contribution is 0.945. The Hall–Kier alpha value is -1.98.